The van der Waals surface area contributed by atoms with Gasteiger partial charge < -0.3 is 15.2 Å². The van der Waals surface area contributed by atoms with E-state index in [0.29, 0.717) is 12.1 Å². The molecule has 7 heteroatoms. The van der Waals surface area contributed by atoms with Crippen molar-refractivity contribution in [1.29, 1.82) is 0 Å². The lowest BCUT2D eigenvalue weighted by Gasteiger charge is -2.35. The van der Waals surface area contributed by atoms with E-state index in [2.05, 4.69) is 29.5 Å². The minimum absolute atomic E-state index is 0.0300. The molecule has 0 radical (unpaired) electrons. The molecule has 1 aliphatic heterocycles. The summed E-state index contributed by atoms with van der Waals surface area (Å²) in [5.41, 5.74) is 0.785. The molecular formula is C18H30N4O3. The van der Waals surface area contributed by atoms with Crippen molar-refractivity contribution in [3.8, 4) is 0 Å². The van der Waals surface area contributed by atoms with Crippen LogP contribution in [0.25, 0.3) is 0 Å². The van der Waals surface area contributed by atoms with Gasteiger partial charge in [0.1, 0.15) is 5.69 Å². The van der Waals surface area contributed by atoms with Crippen LogP contribution in [0.4, 0.5) is 0 Å². The lowest BCUT2D eigenvalue weighted by molar-refractivity contribution is -0.128. The molecule has 1 aromatic heterocycles. The fourth-order valence-electron chi connectivity index (χ4n) is 3.83. The summed E-state index contributed by atoms with van der Waals surface area (Å²) in [6.07, 6.45) is 8.42. The predicted octanol–water partition coefficient (Wildman–Crippen LogP) is 1.97. The third-order valence-electron chi connectivity index (χ3n) is 5.40. The lowest BCUT2D eigenvalue weighted by Crippen LogP contribution is -2.45. The standard InChI is InChI=1S/C18H30N4O3/c1-18(2)8-7-14(25-12-18)9-17(24)19-15-5-3-4-6-16(15)22-10-13(11-23)20-21-22/h10,14-16,23H,3-9,11-12H2,1-2H3,(H,19,24)/t14?,15-,16+/m0/s1. The van der Waals surface area contributed by atoms with Crippen LogP contribution in [0.1, 0.15) is 70.5 Å². The Morgan fingerprint density at radius 1 is 1.40 bits per heavy atom. The van der Waals surface area contributed by atoms with Gasteiger partial charge in [-0.25, -0.2) is 4.68 Å². The van der Waals surface area contributed by atoms with E-state index in [1.54, 1.807) is 10.9 Å². The van der Waals surface area contributed by atoms with Crippen LogP contribution >= 0.6 is 0 Å². The van der Waals surface area contributed by atoms with E-state index in [1.165, 1.54) is 0 Å². The topological polar surface area (TPSA) is 89.3 Å². The molecule has 3 rings (SSSR count). The van der Waals surface area contributed by atoms with Crippen LogP contribution in [-0.2, 0) is 16.1 Å². The first-order chi connectivity index (χ1) is 12.0. The SMILES string of the molecule is CC1(C)CCC(CC(=O)N[C@H]2CCCC[C@H]2n2cc(CO)nn2)OC1. The highest BCUT2D eigenvalue weighted by atomic mass is 16.5. The van der Waals surface area contributed by atoms with Gasteiger partial charge in [-0.15, -0.1) is 5.10 Å². The Labute approximate surface area is 149 Å². The van der Waals surface area contributed by atoms with E-state index < -0.39 is 0 Å². The zero-order valence-electron chi connectivity index (χ0n) is 15.3. The molecule has 0 spiro atoms. The van der Waals surface area contributed by atoms with Crippen LogP contribution in [0.15, 0.2) is 6.20 Å². The number of rotatable bonds is 5. The van der Waals surface area contributed by atoms with E-state index in [9.17, 15) is 9.90 Å². The molecule has 7 nitrogen and oxygen atoms in total. The summed E-state index contributed by atoms with van der Waals surface area (Å²) < 4.78 is 7.67. The second-order valence-corrected chi connectivity index (χ2v) is 8.21. The molecule has 1 saturated heterocycles. The van der Waals surface area contributed by atoms with Crippen molar-refractivity contribution in [3.05, 3.63) is 11.9 Å². The number of aliphatic hydroxyl groups is 1. The molecule has 0 aromatic carbocycles. The summed E-state index contributed by atoms with van der Waals surface area (Å²) in [4.78, 5) is 12.5. The monoisotopic (exact) mass is 350 g/mol. The molecule has 2 aliphatic rings. The highest BCUT2D eigenvalue weighted by Gasteiger charge is 2.32. The van der Waals surface area contributed by atoms with Gasteiger partial charge in [-0.05, 0) is 31.1 Å². The molecule has 1 aromatic rings. The second-order valence-electron chi connectivity index (χ2n) is 8.21. The van der Waals surface area contributed by atoms with Crippen molar-refractivity contribution in [2.75, 3.05) is 6.61 Å². The van der Waals surface area contributed by atoms with E-state index in [1.807, 2.05) is 0 Å². The first-order valence-corrected chi connectivity index (χ1v) is 9.39. The number of nitrogens with one attached hydrogen (secondary N) is 1. The van der Waals surface area contributed by atoms with Gasteiger partial charge in [0.25, 0.3) is 0 Å². The van der Waals surface area contributed by atoms with E-state index >= 15 is 0 Å². The fourth-order valence-corrected chi connectivity index (χ4v) is 3.83. The van der Waals surface area contributed by atoms with Crippen LogP contribution in [0.5, 0.6) is 0 Å². The van der Waals surface area contributed by atoms with Crippen LogP contribution in [0.2, 0.25) is 0 Å². The average molecular weight is 350 g/mol. The average Bonchev–Trinajstić information content (AvgIpc) is 3.06. The Bertz CT molecular complexity index is 577. The van der Waals surface area contributed by atoms with Crippen molar-refractivity contribution in [2.45, 2.75) is 83.6 Å². The number of hydrogen-bond acceptors (Lipinski definition) is 5. The predicted molar refractivity (Wildman–Crippen MR) is 92.8 cm³/mol. The summed E-state index contributed by atoms with van der Waals surface area (Å²) in [5.74, 6) is 0.0594. The van der Waals surface area contributed by atoms with Gasteiger partial charge in [0, 0.05) is 0 Å². The lowest BCUT2D eigenvalue weighted by atomic mass is 9.84. The van der Waals surface area contributed by atoms with E-state index in [-0.39, 0.29) is 36.1 Å². The number of carbonyl (C=O) groups excluding carboxylic acids is 1. The molecule has 2 N–H and O–H groups in total. The van der Waals surface area contributed by atoms with Crippen LogP contribution in [-0.4, -0.2) is 44.8 Å². The summed E-state index contributed by atoms with van der Waals surface area (Å²) >= 11 is 0. The maximum absolute atomic E-state index is 12.5. The number of aromatic nitrogens is 3. The Morgan fingerprint density at radius 3 is 2.88 bits per heavy atom. The van der Waals surface area contributed by atoms with Crippen LogP contribution in [0.3, 0.4) is 0 Å². The summed E-state index contributed by atoms with van der Waals surface area (Å²) in [7, 11) is 0. The maximum atomic E-state index is 12.5. The highest BCUT2D eigenvalue weighted by Crippen LogP contribution is 2.31. The van der Waals surface area contributed by atoms with Gasteiger partial charge in [0.2, 0.25) is 5.91 Å². The molecule has 25 heavy (non-hydrogen) atoms. The second kappa shape index (κ2) is 7.83. The van der Waals surface area contributed by atoms with Crippen molar-refractivity contribution < 1.29 is 14.6 Å². The molecule has 1 amide bonds. The molecule has 1 saturated carbocycles. The van der Waals surface area contributed by atoms with Gasteiger partial charge >= 0.3 is 0 Å². The first-order valence-electron chi connectivity index (χ1n) is 9.39. The first kappa shape index (κ1) is 18.3. The maximum Gasteiger partial charge on any atom is 0.222 e. The molecule has 1 aliphatic carbocycles. The van der Waals surface area contributed by atoms with Crippen LogP contribution in [0, 0.1) is 5.41 Å². The zero-order chi connectivity index (χ0) is 17.9. The van der Waals surface area contributed by atoms with Crippen molar-refractivity contribution in [1.82, 2.24) is 20.3 Å². The number of nitrogens with zero attached hydrogens (tertiary/aromatic N) is 3. The van der Waals surface area contributed by atoms with Gasteiger partial charge in [0.15, 0.2) is 0 Å². The summed E-state index contributed by atoms with van der Waals surface area (Å²) in [6.45, 7) is 5.02. The molecule has 1 unspecified atom stereocenters. The van der Waals surface area contributed by atoms with Crippen LogP contribution < -0.4 is 5.32 Å². The number of hydrogen-bond donors (Lipinski definition) is 2. The van der Waals surface area contributed by atoms with Crippen molar-refractivity contribution >= 4 is 5.91 Å². The van der Waals surface area contributed by atoms with Crippen molar-refractivity contribution in [2.24, 2.45) is 5.41 Å². The Hall–Kier alpha value is -1.47. The van der Waals surface area contributed by atoms with Gasteiger partial charge in [-0.2, -0.15) is 0 Å². The van der Waals surface area contributed by atoms with Crippen molar-refractivity contribution in [3.63, 3.8) is 0 Å². The Balaban J connectivity index is 1.55. The normalized spacial score (nSPS) is 29.3. The third-order valence-corrected chi connectivity index (χ3v) is 5.40. The summed E-state index contributed by atoms with van der Waals surface area (Å²) in [6, 6.07) is 0.172. The molecule has 2 fully saturated rings. The fraction of sp³-hybridized carbons (Fsp3) is 0.833. The number of aliphatic hydroxyl groups excluding tert-OH is 1. The Morgan fingerprint density at radius 2 is 2.20 bits per heavy atom. The number of amides is 1. The number of ether oxygens (including phenoxy) is 1. The molecule has 0 bridgehead atoms. The minimum atomic E-state index is -0.112. The Kier molecular flexibility index (Phi) is 5.74. The molecule has 3 atom stereocenters. The number of carbonyl (C=O) groups is 1. The van der Waals surface area contributed by atoms with Gasteiger partial charge in [-0.1, -0.05) is 31.9 Å². The van der Waals surface area contributed by atoms with Gasteiger partial charge in [0.05, 0.1) is 44.0 Å². The zero-order valence-corrected chi connectivity index (χ0v) is 15.3. The molecule has 2 heterocycles. The molecule has 140 valence electrons. The smallest absolute Gasteiger partial charge is 0.222 e. The minimum Gasteiger partial charge on any atom is -0.390 e. The van der Waals surface area contributed by atoms with E-state index in [4.69, 9.17) is 4.74 Å². The third kappa shape index (κ3) is 4.79. The molecular weight excluding hydrogens is 320 g/mol. The summed E-state index contributed by atoms with van der Waals surface area (Å²) in [5, 5.41) is 20.5. The highest BCUT2D eigenvalue weighted by molar-refractivity contribution is 5.76. The van der Waals surface area contributed by atoms with E-state index in [0.717, 1.165) is 45.1 Å². The quantitative estimate of drug-likeness (QED) is 0.847. The largest absolute Gasteiger partial charge is 0.390 e. The van der Waals surface area contributed by atoms with Gasteiger partial charge in [-0.3, -0.25) is 4.79 Å².